The number of hydrogen-bond acceptors (Lipinski definition) is 5. The molecule has 34 heavy (non-hydrogen) atoms. The van der Waals surface area contributed by atoms with Crippen LogP contribution >= 0.6 is 0 Å². The van der Waals surface area contributed by atoms with Crippen molar-refractivity contribution in [3.8, 4) is 11.1 Å². The smallest absolute Gasteiger partial charge is 0.251 e. The number of rotatable bonds is 7. The zero-order valence-electron chi connectivity index (χ0n) is 19.0. The van der Waals surface area contributed by atoms with Crippen LogP contribution in [0.4, 0.5) is 5.69 Å². The number of hydrogen-bond donors (Lipinski definition) is 2. The first-order valence-corrected chi connectivity index (χ1v) is 11.5. The molecular weight excluding hydrogens is 424 g/mol. The zero-order chi connectivity index (χ0) is 23.3. The number of anilines is 1. The molecule has 0 unspecified atom stereocenters. The average molecular weight is 451 g/mol. The Hall–Kier alpha value is -4.19. The minimum Gasteiger partial charge on any atom is -0.460 e. The normalized spacial score (nSPS) is 12.3. The summed E-state index contributed by atoms with van der Waals surface area (Å²) in [5, 5.41) is 7.43. The van der Waals surface area contributed by atoms with Crippen molar-refractivity contribution in [3.05, 3.63) is 107 Å². The SMILES string of the molecule is Cc1ccc(C=NNc2cc(C(=O)NCCc3ccccc3)cc3c2CCc2ccncc2-3)o1. The van der Waals surface area contributed by atoms with E-state index in [2.05, 4.69) is 39.0 Å². The summed E-state index contributed by atoms with van der Waals surface area (Å²) in [5.74, 6) is 1.39. The largest absolute Gasteiger partial charge is 0.460 e. The van der Waals surface area contributed by atoms with Gasteiger partial charge in [0.05, 0.1) is 11.9 Å². The number of hydrazone groups is 1. The maximum atomic E-state index is 13.1. The summed E-state index contributed by atoms with van der Waals surface area (Å²) in [6.07, 6.45) is 7.90. The fraction of sp³-hybridized carbons (Fsp3) is 0.179. The molecule has 2 heterocycles. The molecule has 2 N–H and O–H groups in total. The van der Waals surface area contributed by atoms with E-state index < -0.39 is 0 Å². The van der Waals surface area contributed by atoms with Gasteiger partial charge in [-0.3, -0.25) is 15.2 Å². The topological polar surface area (TPSA) is 79.5 Å². The molecule has 2 aromatic carbocycles. The minimum atomic E-state index is -0.108. The van der Waals surface area contributed by atoms with E-state index in [0.29, 0.717) is 17.9 Å². The van der Waals surface area contributed by atoms with Crippen LogP contribution < -0.4 is 10.7 Å². The Morgan fingerprint density at radius 3 is 2.79 bits per heavy atom. The molecule has 1 amide bonds. The number of benzene rings is 2. The summed E-state index contributed by atoms with van der Waals surface area (Å²) in [5.41, 5.74) is 10.2. The molecule has 6 nitrogen and oxygen atoms in total. The zero-order valence-corrected chi connectivity index (χ0v) is 19.0. The number of pyridine rings is 1. The molecule has 0 saturated carbocycles. The van der Waals surface area contributed by atoms with Crippen LogP contribution in [0.1, 0.15) is 38.6 Å². The summed E-state index contributed by atoms with van der Waals surface area (Å²) >= 11 is 0. The van der Waals surface area contributed by atoms with Gasteiger partial charge in [-0.15, -0.1) is 0 Å². The fourth-order valence-electron chi connectivity index (χ4n) is 4.31. The maximum absolute atomic E-state index is 13.1. The highest BCUT2D eigenvalue weighted by molar-refractivity contribution is 5.98. The van der Waals surface area contributed by atoms with Crippen molar-refractivity contribution in [2.45, 2.75) is 26.2 Å². The van der Waals surface area contributed by atoms with Gasteiger partial charge in [0.25, 0.3) is 5.91 Å². The fourth-order valence-corrected chi connectivity index (χ4v) is 4.31. The Morgan fingerprint density at radius 1 is 1.09 bits per heavy atom. The number of fused-ring (bicyclic) bond motifs is 3. The molecule has 0 spiro atoms. The van der Waals surface area contributed by atoms with Crippen LogP contribution in [0, 0.1) is 6.92 Å². The predicted octanol–water partition coefficient (Wildman–Crippen LogP) is 5.17. The second kappa shape index (κ2) is 9.75. The van der Waals surface area contributed by atoms with Gasteiger partial charge in [-0.1, -0.05) is 30.3 Å². The van der Waals surface area contributed by atoms with E-state index in [4.69, 9.17) is 4.42 Å². The lowest BCUT2D eigenvalue weighted by Crippen LogP contribution is -2.26. The number of aryl methyl sites for hydroxylation is 2. The van der Waals surface area contributed by atoms with E-state index in [9.17, 15) is 4.79 Å². The number of furan rings is 1. The van der Waals surface area contributed by atoms with Crippen molar-refractivity contribution in [2.24, 2.45) is 5.10 Å². The monoisotopic (exact) mass is 450 g/mol. The molecule has 1 aliphatic carbocycles. The van der Waals surface area contributed by atoms with Gasteiger partial charge >= 0.3 is 0 Å². The highest BCUT2D eigenvalue weighted by Crippen LogP contribution is 2.38. The first-order valence-electron chi connectivity index (χ1n) is 11.5. The molecule has 170 valence electrons. The van der Waals surface area contributed by atoms with E-state index in [1.165, 1.54) is 11.1 Å². The molecule has 1 aliphatic rings. The summed E-state index contributed by atoms with van der Waals surface area (Å²) in [6, 6.07) is 19.8. The van der Waals surface area contributed by atoms with E-state index in [-0.39, 0.29) is 5.91 Å². The second-order valence-electron chi connectivity index (χ2n) is 8.39. The molecule has 6 heteroatoms. The predicted molar refractivity (Wildman–Crippen MR) is 134 cm³/mol. The number of aromatic nitrogens is 1. The third-order valence-corrected chi connectivity index (χ3v) is 6.04. The lowest BCUT2D eigenvalue weighted by molar-refractivity contribution is 0.0954. The van der Waals surface area contributed by atoms with E-state index >= 15 is 0 Å². The Morgan fingerprint density at radius 2 is 1.97 bits per heavy atom. The van der Waals surface area contributed by atoms with Gasteiger partial charge in [0.2, 0.25) is 0 Å². The quantitative estimate of drug-likeness (QED) is 0.301. The van der Waals surface area contributed by atoms with Crippen molar-refractivity contribution in [3.63, 3.8) is 0 Å². The maximum Gasteiger partial charge on any atom is 0.251 e. The number of nitrogens with zero attached hydrogens (tertiary/aromatic N) is 2. The van der Waals surface area contributed by atoms with Crippen LogP contribution in [0.25, 0.3) is 11.1 Å². The Labute approximate surface area is 198 Å². The van der Waals surface area contributed by atoms with Gasteiger partial charge in [0.1, 0.15) is 11.5 Å². The molecule has 0 atom stereocenters. The van der Waals surface area contributed by atoms with Crippen molar-refractivity contribution in [1.29, 1.82) is 0 Å². The standard InChI is InChI=1S/C28H26N4O2/c1-19-7-9-23(34-19)17-31-32-27-16-22(28(33)30-14-11-20-5-3-2-4-6-20)15-25-24(27)10-8-21-12-13-29-18-26(21)25/h2-7,9,12-13,15-18,32H,8,10-11,14H2,1H3,(H,30,33). The van der Waals surface area contributed by atoms with E-state index in [0.717, 1.165) is 47.4 Å². The highest BCUT2D eigenvalue weighted by atomic mass is 16.3. The second-order valence-corrected chi connectivity index (χ2v) is 8.39. The summed E-state index contributed by atoms with van der Waals surface area (Å²) in [7, 11) is 0. The van der Waals surface area contributed by atoms with E-state index in [1.54, 1.807) is 6.21 Å². The van der Waals surface area contributed by atoms with E-state index in [1.807, 2.05) is 61.8 Å². The van der Waals surface area contributed by atoms with Crippen molar-refractivity contribution < 1.29 is 9.21 Å². The molecule has 2 aromatic heterocycles. The lowest BCUT2D eigenvalue weighted by Gasteiger charge is -2.23. The molecule has 5 rings (SSSR count). The number of carbonyl (C=O) groups excluding carboxylic acids is 1. The van der Waals surface area contributed by atoms with Gasteiger partial charge in [0, 0.05) is 30.1 Å². The Balaban J connectivity index is 1.41. The highest BCUT2D eigenvalue weighted by Gasteiger charge is 2.21. The molecular formula is C28H26N4O2. The Bertz CT molecular complexity index is 1340. The number of carbonyl (C=O) groups is 1. The van der Waals surface area contributed by atoms with Crippen LogP contribution in [-0.4, -0.2) is 23.7 Å². The average Bonchev–Trinajstić information content (AvgIpc) is 3.29. The van der Waals surface area contributed by atoms with Crippen molar-refractivity contribution in [1.82, 2.24) is 10.3 Å². The summed E-state index contributed by atoms with van der Waals surface area (Å²) in [4.78, 5) is 17.4. The summed E-state index contributed by atoms with van der Waals surface area (Å²) in [6.45, 7) is 2.46. The van der Waals surface area contributed by atoms with Crippen LogP contribution in [0.2, 0.25) is 0 Å². The molecule has 4 aromatic rings. The van der Waals surface area contributed by atoms with Crippen molar-refractivity contribution >= 4 is 17.8 Å². The summed E-state index contributed by atoms with van der Waals surface area (Å²) < 4.78 is 5.56. The molecule has 0 radical (unpaired) electrons. The van der Waals surface area contributed by atoms with Crippen LogP contribution in [-0.2, 0) is 19.3 Å². The molecule has 0 bridgehead atoms. The van der Waals surface area contributed by atoms with Crippen LogP contribution in [0.15, 0.2) is 82.6 Å². The van der Waals surface area contributed by atoms with Crippen molar-refractivity contribution in [2.75, 3.05) is 12.0 Å². The van der Waals surface area contributed by atoms with Crippen LogP contribution in [0.3, 0.4) is 0 Å². The van der Waals surface area contributed by atoms with Gasteiger partial charge < -0.3 is 9.73 Å². The van der Waals surface area contributed by atoms with Gasteiger partial charge in [-0.2, -0.15) is 5.10 Å². The van der Waals surface area contributed by atoms with Gasteiger partial charge in [0.15, 0.2) is 0 Å². The van der Waals surface area contributed by atoms with Gasteiger partial charge in [-0.05, 0) is 78.8 Å². The first-order chi connectivity index (χ1) is 16.7. The first kappa shape index (κ1) is 21.6. The lowest BCUT2D eigenvalue weighted by atomic mass is 9.84. The number of amides is 1. The molecule has 0 aliphatic heterocycles. The third kappa shape index (κ3) is 4.76. The molecule has 0 saturated heterocycles. The minimum absolute atomic E-state index is 0.108. The molecule has 0 fully saturated rings. The third-order valence-electron chi connectivity index (χ3n) is 6.04. The van der Waals surface area contributed by atoms with Gasteiger partial charge in [-0.25, -0.2) is 0 Å². The number of nitrogens with one attached hydrogen (secondary N) is 2. The van der Waals surface area contributed by atoms with Crippen LogP contribution in [0.5, 0.6) is 0 Å². The Kier molecular flexibility index (Phi) is 6.21.